The van der Waals surface area contributed by atoms with Gasteiger partial charge in [-0.1, -0.05) is 48.6 Å². The van der Waals surface area contributed by atoms with E-state index in [4.69, 9.17) is 9.84 Å². The van der Waals surface area contributed by atoms with E-state index in [2.05, 4.69) is 42.6 Å². The molecule has 0 aromatic heterocycles. The van der Waals surface area contributed by atoms with Crippen LogP contribution in [-0.4, -0.2) is 30.8 Å². The Balaban J connectivity index is 1.67. The summed E-state index contributed by atoms with van der Waals surface area (Å²) in [6.45, 7) is 3.93. The normalized spacial score (nSPS) is 11.0. The van der Waals surface area contributed by atoms with Gasteiger partial charge in [-0.2, -0.15) is 0 Å². The maximum absolute atomic E-state index is 10.4. The average Bonchev–Trinajstić information content (AvgIpc) is 2.66. The van der Waals surface area contributed by atoms with E-state index < -0.39 is 5.97 Å². The van der Waals surface area contributed by atoms with E-state index in [-0.39, 0.29) is 6.42 Å². The van der Waals surface area contributed by atoms with Crippen molar-refractivity contribution in [2.45, 2.75) is 32.6 Å². The topological polar surface area (TPSA) is 58.6 Å². The van der Waals surface area contributed by atoms with Gasteiger partial charge in [0, 0.05) is 13.1 Å². The third-order valence-corrected chi connectivity index (χ3v) is 4.25. The maximum Gasteiger partial charge on any atom is 0.304 e. The second-order valence-electron chi connectivity index (χ2n) is 6.57. The van der Waals surface area contributed by atoms with Crippen LogP contribution < -0.4 is 10.1 Å². The molecular weight excluding hydrogens is 338 g/mol. The van der Waals surface area contributed by atoms with Crippen molar-refractivity contribution in [1.82, 2.24) is 5.32 Å². The van der Waals surface area contributed by atoms with Gasteiger partial charge in [-0.3, -0.25) is 4.79 Å². The van der Waals surface area contributed by atoms with Crippen molar-refractivity contribution in [2.24, 2.45) is 0 Å². The summed E-state index contributed by atoms with van der Waals surface area (Å²) in [4.78, 5) is 10.4. The first kappa shape index (κ1) is 20.7. The van der Waals surface area contributed by atoms with Crippen LogP contribution in [0.2, 0.25) is 0 Å². The smallest absolute Gasteiger partial charge is 0.304 e. The number of unbranched alkanes of at least 4 members (excludes halogenated alkanes) is 1. The van der Waals surface area contributed by atoms with Gasteiger partial charge in [0.1, 0.15) is 5.75 Å². The molecule has 27 heavy (non-hydrogen) atoms. The molecule has 4 nitrogen and oxygen atoms in total. The van der Waals surface area contributed by atoms with Gasteiger partial charge in [-0.25, -0.2) is 0 Å². The van der Waals surface area contributed by atoms with Crippen LogP contribution in [0.1, 0.15) is 36.0 Å². The minimum atomic E-state index is -0.780. The monoisotopic (exact) mass is 367 g/mol. The van der Waals surface area contributed by atoms with Crippen LogP contribution in [0.25, 0.3) is 6.08 Å². The summed E-state index contributed by atoms with van der Waals surface area (Å²) in [7, 11) is 0. The lowest BCUT2D eigenvalue weighted by Crippen LogP contribution is -2.17. The Morgan fingerprint density at radius 1 is 1.15 bits per heavy atom. The third-order valence-electron chi connectivity index (χ3n) is 4.25. The summed E-state index contributed by atoms with van der Waals surface area (Å²) in [5.41, 5.74) is 3.62. The number of carboxylic acid groups (broad SMARTS) is 1. The molecule has 0 unspecified atom stereocenters. The van der Waals surface area contributed by atoms with Crippen molar-refractivity contribution in [1.29, 1.82) is 0 Å². The molecule has 0 bridgehead atoms. The minimum Gasteiger partial charge on any atom is -0.493 e. The van der Waals surface area contributed by atoms with Crippen molar-refractivity contribution < 1.29 is 14.6 Å². The number of ether oxygens (including phenoxy) is 1. The van der Waals surface area contributed by atoms with Gasteiger partial charge in [-0.15, -0.1) is 0 Å². The van der Waals surface area contributed by atoms with Gasteiger partial charge in [0.25, 0.3) is 0 Å². The van der Waals surface area contributed by atoms with Gasteiger partial charge >= 0.3 is 5.97 Å². The van der Waals surface area contributed by atoms with Crippen LogP contribution in [0.4, 0.5) is 0 Å². The number of hydrogen-bond acceptors (Lipinski definition) is 3. The fourth-order valence-electron chi connectivity index (χ4n) is 2.77. The summed E-state index contributed by atoms with van der Waals surface area (Å²) >= 11 is 0. The molecule has 0 aliphatic carbocycles. The van der Waals surface area contributed by atoms with Crippen LogP contribution in [0.15, 0.2) is 54.6 Å². The van der Waals surface area contributed by atoms with Gasteiger partial charge in [0.2, 0.25) is 0 Å². The molecule has 0 saturated heterocycles. The Morgan fingerprint density at radius 2 is 1.96 bits per heavy atom. The van der Waals surface area contributed by atoms with Crippen molar-refractivity contribution >= 4 is 12.0 Å². The second-order valence-corrected chi connectivity index (χ2v) is 6.57. The molecule has 2 N–H and O–H groups in total. The van der Waals surface area contributed by atoms with Crippen LogP contribution in [0.5, 0.6) is 5.75 Å². The Bertz CT molecular complexity index is 726. The van der Waals surface area contributed by atoms with Crippen molar-refractivity contribution in [2.75, 3.05) is 19.7 Å². The van der Waals surface area contributed by atoms with Crippen molar-refractivity contribution in [3.8, 4) is 5.75 Å². The summed E-state index contributed by atoms with van der Waals surface area (Å²) in [5.74, 6) is 0.157. The standard InChI is InChI=1S/C23H29NO3/c1-19-18-21(11-7-15-24-16-14-23(25)26)12-13-22(19)27-17-6-5-10-20-8-3-2-4-9-20/h2-4,7-9,11-13,18,24H,5-6,10,14-17H2,1H3,(H,25,26)/b11-7+. The van der Waals surface area contributed by atoms with Crippen LogP contribution in [0, 0.1) is 6.92 Å². The van der Waals surface area contributed by atoms with E-state index in [9.17, 15) is 4.79 Å². The van der Waals surface area contributed by atoms with E-state index >= 15 is 0 Å². The fraction of sp³-hybridized carbons (Fsp3) is 0.348. The number of carbonyl (C=O) groups is 1. The molecule has 2 aromatic carbocycles. The van der Waals surface area contributed by atoms with Gasteiger partial charge in [0.05, 0.1) is 13.0 Å². The Kier molecular flexibility index (Phi) is 9.14. The highest BCUT2D eigenvalue weighted by molar-refractivity contribution is 5.66. The summed E-state index contributed by atoms with van der Waals surface area (Å²) in [5, 5.41) is 11.7. The zero-order valence-corrected chi connectivity index (χ0v) is 16.0. The first-order valence-corrected chi connectivity index (χ1v) is 9.51. The molecule has 0 fully saturated rings. The number of nitrogens with one attached hydrogen (secondary N) is 1. The molecule has 2 rings (SSSR count). The molecule has 0 aliphatic rings. The average molecular weight is 367 g/mol. The zero-order valence-electron chi connectivity index (χ0n) is 16.0. The Hall–Kier alpha value is -2.59. The van der Waals surface area contributed by atoms with E-state index in [1.165, 1.54) is 5.56 Å². The summed E-state index contributed by atoms with van der Waals surface area (Å²) < 4.78 is 5.92. The minimum absolute atomic E-state index is 0.143. The Morgan fingerprint density at radius 3 is 2.70 bits per heavy atom. The molecular formula is C23H29NO3. The molecule has 2 aromatic rings. The van der Waals surface area contributed by atoms with Crippen LogP contribution in [0.3, 0.4) is 0 Å². The zero-order chi connectivity index (χ0) is 19.3. The summed E-state index contributed by atoms with van der Waals surface area (Å²) in [6.07, 6.45) is 7.43. The highest BCUT2D eigenvalue weighted by atomic mass is 16.5. The van der Waals surface area contributed by atoms with Crippen LogP contribution in [-0.2, 0) is 11.2 Å². The molecule has 0 aliphatic heterocycles. The quantitative estimate of drug-likeness (QED) is 0.543. The van der Waals surface area contributed by atoms with Gasteiger partial charge in [0.15, 0.2) is 0 Å². The SMILES string of the molecule is Cc1cc(/C=C/CNCCC(=O)O)ccc1OCCCCc1ccccc1. The predicted molar refractivity (Wildman–Crippen MR) is 110 cm³/mol. The van der Waals surface area contributed by atoms with E-state index in [1.807, 2.05) is 30.4 Å². The lowest BCUT2D eigenvalue weighted by Gasteiger charge is -2.10. The second kappa shape index (κ2) is 11.9. The Labute approximate surface area is 161 Å². The van der Waals surface area contributed by atoms with Crippen LogP contribution >= 0.6 is 0 Å². The highest BCUT2D eigenvalue weighted by Gasteiger charge is 2.01. The number of carboxylic acids is 1. The number of aliphatic carboxylic acids is 1. The lowest BCUT2D eigenvalue weighted by atomic mass is 10.1. The van der Waals surface area contributed by atoms with E-state index in [1.54, 1.807) is 0 Å². The molecule has 0 saturated carbocycles. The van der Waals surface area contributed by atoms with Gasteiger partial charge < -0.3 is 15.2 Å². The molecule has 0 spiro atoms. The largest absolute Gasteiger partial charge is 0.493 e. The number of rotatable bonds is 12. The van der Waals surface area contributed by atoms with Crippen molar-refractivity contribution in [3.05, 3.63) is 71.3 Å². The molecule has 144 valence electrons. The first-order chi connectivity index (χ1) is 13.1. The molecule has 0 amide bonds. The fourth-order valence-corrected chi connectivity index (χ4v) is 2.77. The predicted octanol–water partition coefficient (Wildman–Crippen LogP) is 4.47. The van der Waals surface area contributed by atoms with E-state index in [0.29, 0.717) is 13.1 Å². The lowest BCUT2D eigenvalue weighted by molar-refractivity contribution is -0.136. The number of benzene rings is 2. The number of hydrogen-bond donors (Lipinski definition) is 2. The number of aryl methyl sites for hydroxylation is 2. The third kappa shape index (κ3) is 8.56. The van der Waals surface area contributed by atoms with Gasteiger partial charge in [-0.05, 0) is 55.0 Å². The van der Waals surface area contributed by atoms with Crippen molar-refractivity contribution in [3.63, 3.8) is 0 Å². The molecule has 4 heteroatoms. The highest BCUT2D eigenvalue weighted by Crippen LogP contribution is 2.20. The summed E-state index contributed by atoms with van der Waals surface area (Å²) in [6, 6.07) is 16.7. The molecule has 0 radical (unpaired) electrons. The molecule has 0 heterocycles. The first-order valence-electron chi connectivity index (χ1n) is 9.51. The van der Waals surface area contributed by atoms with E-state index in [0.717, 1.165) is 42.7 Å². The molecule has 0 atom stereocenters. The maximum atomic E-state index is 10.4.